The second-order valence-corrected chi connectivity index (χ2v) is 5.11. The molecule has 2 unspecified atom stereocenters. The van der Waals surface area contributed by atoms with Gasteiger partial charge in [-0.1, -0.05) is 13.0 Å². The number of nitro groups is 1. The number of likely N-dealkylation sites (tertiary alicyclic amines) is 1. The van der Waals surface area contributed by atoms with Crippen LogP contribution in [0.3, 0.4) is 0 Å². The Morgan fingerprint density at radius 2 is 2.32 bits per heavy atom. The zero-order valence-corrected chi connectivity index (χ0v) is 10.8. The summed E-state index contributed by atoms with van der Waals surface area (Å²) in [5, 5.41) is 20.3. The fourth-order valence-corrected chi connectivity index (χ4v) is 2.31. The zero-order chi connectivity index (χ0) is 14.0. The Kier molecular flexibility index (Phi) is 4.11. The summed E-state index contributed by atoms with van der Waals surface area (Å²) in [6, 6.07) is 3.95. The molecule has 1 heterocycles. The van der Waals surface area contributed by atoms with Gasteiger partial charge in [0.2, 0.25) is 5.82 Å². The van der Waals surface area contributed by atoms with E-state index < -0.39 is 16.4 Å². The highest BCUT2D eigenvalue weighted by atomic mass is 19.1. The summed E-state index contributed by atoms with van der Waals surface area (Å²) in [6.07, 6.45) is 0.535. The lowest BCUT2D eigenvalue weighted by Gasteiger charge is -2.34. The number of β-amino-alcohol motifs (C(OH)–C–C–N with tert-alkyl or cyclic N) is 1. The molecule has 104 valence electrons. The lowest BCUT2D eigenvalue weighted by molar-refractivity contribution is -0.387. The van der Waals surface area contributed by atoms with Crippen molar-refractivity contribution in [3.8, 4) is 0 Å². The Hall–Kier alpha value is -1.53. The predicted octanol–water partition coefficient (Wildman–Crippen LogP) is 1.94. The lowest BCUT2D eigenvalue weighted by Crippen LogP contribution is -2.42. The molecule has 1 aliphatic rings. The normalized spacial score (nSPS) is 24.4. The molecule has 0 bridgehead atoms. The summed E-state index contributed by atoms with van der Waals surface area (Å²) in [4.78, 5) is 11.8. The number of benzene rings is 1. The Bertz CT molecular complexity index is 481. The van der Waals surface area contributed by atoms with Crippen molar-refractivity contribution in [1.82, 2.24) is 4.90 Å². The number of piperidine rings is 1. The van der Waals surface area contributed by atoms with Gasteiger partial charge in [0.15, 0.2) is 0 Å². The van der Waals surface area contributed by atoms with E-state index in [9.17, 15) is 19.6 Å². The molecular formula is C13H17FN2O3. The first kappa shape index (κ1) is 13.9. The van der Waals surface area contributed by atoms with Crippen LogP contribution in [0.15, 0.2) is 18.2 Å². The number of halogens is 1. The number of nitrogens with zero attached hydrogens (tertiary/aromatic N) is 2. The Labute approximate surface area is 110 Å². The number of hydrogen-bond donors (Lipinski definition) is 1. The molecule has 0 aliphatic carbocycles. The van der Waals surface area contributed by atoms with Crippen molar-refractivity contribution in [3.63, 3.8) is 0 Å². The first-order valence-electron chi connectivity index (χ1n) is 6.30. The van der Waals surface area contributed by atoms with E-state index in [2.05, 4.69) is 0 Å². The maximum Gasteiger partial charge on any atom is 0.304 e. The summed E-state index contributed by atoms with van der Waals surface area (Å²) in [6.45, 7) is 3.91. The van der Waals surface area contributed by atoms with Crippen molar-refractivity contribution in [2.45, 2.75) is 26.0 Å². The van der Waals surface area contributed by atoms with Crippen LogP contribution in [-0.4, -0.2) is 34.1 Å². The number of aliphatic hydroxyl groups excluding tert-OH is 1. The zero-order valence-electron chi connectivity index (χ0n) is 10.8. The SMILES string of the molecule is CC1CCN(Cc2ccc([N+](=O)[O-])c(F)c2)CC1O. The first-order chi connectivity index (χ1) is 8.97. The van der Waals surface area contributed by atoms with E-state index >= 15 is 0 Å². The summed E-state index contributed by atoms with van der Waals surface area (Å²) >= 11 is 0. The second kappa shape index (κ2) is 5.63. The summed E-state index contributed by atoms with van der Waals surface area (Å²) in [7, 11) is 0. The van der Waals surface area contributed by atoms with Gasteiger partial charge in [-0.2, -0.15) is 4.39 Å². The standard InChI is InChI=1S/C13H17FN2O3/c1-9-4-5-15(8-13(9)17)7-10-2-3-12(16(18)19)11(14)6-10/h2-3,6,9,13,17H,4-5,7-8H2,1H3. The molecular weight excluding hydrogens is 251 g/mol. The van der Waals surface area contributed by atoms with Crippen LogP contribution in [0.2, 0.25) is 0 Å². The van der Waals surface area contributed by atoms with E-state index in [1.54, 1.807) is 6.07 Å². The van der Waals surface area contributed by atoms with Crippen LogP contribution in [0.5, 0.6) is 0 Å². The molecule has 0 aromatic heterocycles. The molecule has 1 aromatic rings. The molecule has 2 atom stereocenters. The number of aliphatic hydroxyl groups is 1. The van der Waals surface area contributed by atoms with E-state index in [1.165, 1.54) is 12.1 Å². The predicted molar refractivity (Wildman–Crippen MR) is 68.1 cm³/mol. The molecule has 19 heavy (non-hydrogen) atoms. The minimum absolute atomic E-state index is 0.282. The first-order valence-corrected chi connectivity index (χ1v) is 6.30. The Balaban J connectivity index is 2.04. The van der Waals surface area contributed by atoms with E-state index in [0.29, 0.717) is 18.7 Å². The van der Waals surface area contributed by atoms with Crippen LogP contribution in [0.25, 0.3) is 0 Å². The van der Waals surface area contributed by atoms with Crippen LogP contribution in [0.4, 0.5) is 10.1 Å². The van der Waals surface area contributed by atoms with Gasteiger partial charge in [-0.3, -0.25) is 15.0 Å². The molecule has 0 radical (unpaired) electrons. The molecule has 6 heteroatoms. The Morgan fingerprint density at radius 3 is 2.89 bits per heavy atom. The third kappa shape index (κ3) is 3.27. The highest BCUT2D eigenvalue weighted by Gasteiger charge is 2.24. The average Bonchev–Trinajstić information content (AvgIpc) is 2.33. The van der Waals surface area contributed by atoms with Crippen LogP contribution in [0, 0.1) is 21.8 Å². The van der Waals surface area contributed by atoms with E-state index in [-0.39, 0.29) is 12.0 Å². The smallest absolute Gasteiger partial charge is 0.304 e. The second-order valence-electron chi connectivity index (χ2n) is 5.11. The van der Waals surface area contributed by atoms with Gasteiger partial charge in [0.25, 0.3) is 0 Å². The van der Waals surface area contributed by atoms with E-state index in [0.717, 1.165) is 13.0 Å². The lowest BCUT2D eigenvalue weighted by atomic mass is 9.96. The van der Waals surface area contributed by atoms with Gasteiger partial charge in [0.1, 0.15) is 0 Å². The van der Waals surface area contributed by atoms with Gasteiger partial charge < -0.3 is 5.11 Å². The van der Waals surface area contributed by atoms with Crippen molar-refractivity contribution in [2.24, 2.45) is 5.92 Å². The average molecular weight is 268 g/mol. The van der Waals surface area contributed by atoms with Gasteiger partial charge in [-0.05, 0) is 30.5 Å². The van der Waals surface area contributed by atoms with Crippen LogP contribution < -0.4 is 0 Å². The fraction of sp³-hybridized carbons (Fsp3) is 0.538. The minimum atomic E-state index is -0.812. The monoisotopic (exact) mass is 268 g/mol. The van der Waals surface area contributed by atoms with Crippen LogP contribution in [-0.2, 0) is 6.54 Å². The molecule has 0 saturated carbocycles. The number of rotatable bonds is 3. The molecule has 0 amide bonds. The number of hydrogen-bond acceptors (Lipinski definition) is 4. The van der Waals surface area contributed by atoms with Gasteiger partial charge in [0, 0.05) is 19.2 Å². The number of nitro benzene ring substituents is 1. The van der Waals surface area contributed by atoms with Crippen molar-refractivity contribution in [2.75, 3.05) is 13.1 Å². The van der Waals surface area contributed by atoms with E-state index in [1.807, 2.05) is 11.8 Å². The van der Waals surface area contributed by atoms with Crippen molar-refractivity contribution >= 4 is 5.69 Å². The molecule has 5 nitrogen and oxygen atoms in total. The highest BCUT2D eigenvalue weighted by Crippen LogP contribution is 2.22. The van der Waals surface area contributed by atoms with Gasteiger partial charge in [-0.25, -0.2) is 0 Å². The topological polar surface area (TPSA) is 66.6 Å². The fourth-order valence-electron chi connectivity index (χ4n) is 2.31. The quantitative estimate of drug-likeness (QED) is 0.672. The van der Waals surface area contributed by atoms with Crippen molar-refractivity contribution in [1.29, 1.82) is 0 Å². The van der Waals surface area contributed by atoms with Gasteiger partial charge in [0.05, 0.1) is 11.0 Å². The molecule has 2 rings (SSSR count). The van der Waals surface area contributed by atoms with E-state index in [4.69, 9.17) is 0 Å². The Morgan fingerprint density at radius 1 is 1.58 bits per heavy atom. The van der Waals surface area contributed by atoms with Gasteiger partial charge in [-0.15, -0.1) is 0 Å². The van der Waals surface area contributed by atoms with Crippen molar-refractivity contribution in [3.05, 3.63) is 39.7 Å². The third-order valence-corrected chi connectivity index (χ3v) is 3.62. The third-order valence-electron chi connectivity index (χ3n) is 3.62. The molecule has 1 aliphatic heterocycles. The van der Waals surface area contributed by atoms with Crippen molar-refractivity contribution < 1.29 is 14.4 Å². The molecule has 1 N–H and O–H groups in total. The van der Waals surface area contributed by atoms with Crippen LogP contribution in [0.1, 0.15) is 18.9 Å². The summed E-state index contributed by atoms with van der Waals surface area (Å²) in [5.74, 6) is -0.529. The highest BCUT2D eigenvalue weighted by molar-refractivity contribution is 5.35. The van der Waals surface area contributed by atoms with Gasteiger partial charge >= 0.3 is 5.69 Å². The molecule has 0 spiro atoms. The largest absolute Gasteiger partial charge is 0.392 e. The molecule has 1 aromatic carbocycles. The maximum atomic E-state index is 13.5. The molecule has 1 saturated heterocycles. The summed E-state index contributed by atoms with van der Waals surface area (Å²) < 4.78 is 13.5. The molecule has 1 fully saturated rings. The maximum absolute atomic E-state index is 13.5. The summed E-state index contributed by atoms with van der Waals surface area (Å²) in [5.41, 5.74) is 0.181. The minimum Gasteiger partial charge on any atom is -0.392 e. The van der Waals surface area contributed by atoms with Crippen LogP contribution >= 0.6 is 0 Å².